The number of allylic oxidation sites excluding steroid dienone is 8. The zero-order chi connectivity index (χ0) is 32.1. The molecule has 1 atom stereocenters. The first-order valence-corrected chi connectivity index (χ1v) is 16.1. The van der Waals surface area contributed by atoms with Crippen LogP contribution in [0.1, 0.15) is 57.6 Å². The summed E-state index contributed by atoms with van der Waals surface area (Å²) in [5, 5.41) is 0. The molecule has 1 heterocycles. The topological polar surface area (TPSA) is 41.9 Å². The van der Waals surface area contributed by atoms with Crippen molar-refractivity contribution in [3.8, 4) is 22.8 Å². The van der Waals surface area contributed by atoms with Gasteiger partial charge in [0.05, 0.1) is 0 Å². The average molecular weight is 603 g/mol. The van der Waals surface area contributed by atoms with Crippen LogP contribution in [-0.2, 0) is 0 Å². The summed E-state index contributed by atoms with van der Waals surface area (Å²) in [5.74, 6) is 2.08. The van der Waals surface area contributed by atoms with Crippen LogP contribution >= 0.6 is 0 Å². The van der Waals surface area contributed by atoms with Gasteiger partial charge in [0.15, 0.2) is 11.6 Å². The van der Waals surface area contributed by atoms with Gasteiger partial charge in [0.2, 0.25) is 5.95 Å². The Morgan fingerprint density at radius 2 is 1.30 bits per heavy atom. The lowest BCUT2D eigenvalue weighted by atomic mass is 9.93. The van der Waals surface area contributed by atoms with Crippen LogP contribution in [0.2, 0.25) is 0 Å². The fourth-order valence-electron chi connectivity index (χ4n) is 5.53. The van der Waals surface area contributed by atoms with Crippen LogP contribution in [0.3, 0.4) is 0 Å². The van der Waals surface area contributed by atoms with Crippen LogP contribution in [0.15, 0.2) is 152 Å². The van der Waals surface area contributed by atoms with E-state index in [4.69, 9.17) is 15.0 Å². The van der Waals surface area contributed by atoms with Crippen molar-refractivity contribution in [1.29, 1.82) is 0 Å². The van der Waals surface area contributed by atoms with Gasteiger partial charge in [-0.1, -0.05) is 122 Å². The van der Waals surface area contributed by atoms with E-state index in [1.807, 2.05) is 43.3 Å². The molecule has 4 aromatic carbocycles. The summed E-state index contributed by atoms with van der Waals surface area (Å²) >= 11 is 0. The first-order chi connectivity index (χ1) is 22.6. The smallest absolute Gasteiger partial charge is 0.238 e. The van der Waals surface area contributed by atoms with Gasteiger partial charge in [-0.05, 0) is 86.7 Å². The molecule has 0 N–H and O–H groups in total. The predicted octanol–water partition coefficient (Wildman–Crippen LogP) is 11.7. The lowest BCUT2D eigenvalue weighted by Crippen LogP contribution is -2.15. The minimum Gasteiger partial charge on any atom is -0.279 e. The highest BCUT2D eigenvalue weighted by Crippen LogP contribution is 2.35. The Hall–Kier alpha value is -5.35. The van der Waals surface area contributed by atoms with E-state index in [0.717, 1.165) is 40.9 Å². The van der Waals surface area contributed by atoms with Gasteiger partial charge < -0.3 is 0 Å². The van der Waals surface area contributed by atoms with Gasteiger partial charge in [-0.3, -0.25) is 4.90 Å². The van der Waals surface area contributed by atoms with Crippen molar-refractivity contribution in [2.45, 2.75) is 46.5 Å². The fourth-order valence-corrected chi connectivity index (χ4v) is 5.53. The summed E-state index contributed by atoms with van der Waals surface area (Å²) in [4.78, 5) is 17.5. The van der Waals surface area contributed by atoms with Gasteiger partial charge in [0, 0.05) is 28.4 Å². The summed E-state index contributed by atoms with van der Waals surface area (Å²) in [5.41, 5.74) is 7.37. The van der Waals surface area contributed by atoms with Crippen molar-refractivity contribution >= 4 is 22.9 Å². The second-order valence-corrected chi connectivity index (χ2v) is 11.0. The summed E-state index contributed by atoms with van der Waals surface area (Å²) in [7, 11) is 0. The quantitative estimate of drug-likeness (QED) is 0.105. The molecule has 5 aromatic rings. The van der Waals surface area contributed by atoms with Crippen molar-refractivity contribution in [3.05, 3.63) is 163 Å². The van der Waals surface area contributed by atoms with Gasteiger partial charge >= 0.3 is 0 Å². The standard InChI is InChI=1S/C42H42N4/c1-5-9-21-33(20-8-4)35-23-17-25-37(31-35)41-43-40(36-24-16-22-34(30-36)32(18-6-2)19-7-3)44-42(45-41)46(38-26-12-10-13-27-38)39-28-14-11-15-29-39/h5-6,8-20,22-31,33H,7,21H2,1-4H3/b9-5-,18-6-,20-8?,32-19+. The Morgan fingerprint density at radius 1 is 0.674 bits per heavy atom. The van der Waals surface area contributed by atoms with Gasteiger partial charge in [-0.15, -0.1) is 0 Å². The molecule has 0 radical (unpaired) electrons. The SMILES string of the molecule is CC=CC(C/C=C\C)c1cccc(-c2nc(-c3cccc(C(/C=C\C)=C/CC)c3)nc(N(c3ccccc3)c3ccccc3)n2)c1. The first-order valence-electron chi connectivity index (χ1n) is 16.1. The lowest BCUT2D eigenvalue weighted by Gasteiger charge is -2.24. The molecule has 0 aliphatic heterocycles. The van der Waals surface area contributed by atoms with E-state index in [2.05, 4.69) is 141 Å². The highest BCUT2D eigenvalue weighted by atomic mass is 15.3. The Morgan fingerprint density at radius 3 is 1.89 bits per heavy atom. The number of hydrogen-bond donors (Lipinski definition) is 0. The molecule has 0 spiro atoms. The van der Waals surface area contributed by atoms with E-state index in [1.54, 1.807) is 0 Å². The average Bonchev–Trinajstić information content (AvgIpc) is 3.11. The highest BCUT2D eigenvalue weighted by Gasteiger charge is 2.20. The third kappa shape index (κ3) is 7.83. The number of hydrogen-bond acceptors (Lipinski definition) is 4. The van der Waals surface area contributed by atoms with Crippen molar-refractivity contribution in [1.82, 2.24) is 15.0 Å². The minimum absolute atomic E-state index is 0.263. The maximum atomic E-state index is 5.16. The highest BCUT2D eigenvalue weighted by molar-refractivity contribution is 5.78. The molecule has 230 valence electrons. The van der Waals surface area contributed by atoms with Crippen molar-refractivity contribution in [3.63, 3.8) is 0 Å². The number of rotatable bonds is 12. The molecular weight excluding hydrogens is 560 g/mol. The summed E-state index contributed by atoms with van der Waals surface area (Å²) in [6.45, 7) is 8.35. The van der Waals surface area contributed by atoms with Crippen LogP contribution in [0.4, 0.5) is 17.3 Å². The van der Waals surface area contributed by atoms with E-state index in [9.17, 15) is 0 Å². The second-order valence-electron chi connectivity index (χ2n) is 11.0. The largest absolute Gasteiger partial charge is 0.279 e. The maximum absolute atomic E-state index is 5.16. The van der Waals surface area contributed by atoms with E-state index in [0.29, 0.717) is 17.6 Å². The van der Waals surface area contributed by atoms with Crippen LogP contribution in [0.25, 0.3) is 28.3 Å². The van der Waals surface area contributed by atoms with Crippen LogP contribution in [-0.4, -0.2) is 15.0 Å². The third-order valence-electron chi connectivity index (χ3n) is 7.70. The van der Waals surface area contributed by atoms with E-state index in [1.165, 1.54) is 11.1 Å². The number of aromatic nitrogens is 3. The summed E-state index contributed by atoms with van der Waals surface area (Å²) in [6, 6.07) is 37.6. The van der Waals surface area contributed by atoms with Gasteiger partial charge in [-0.2, -0.15) is 9.97 Å². The van der Waals surface area contributed by atoms with Crippen molar-refractivity contribution < 1.29 is 0 Å². The van der Waals surface area contributed by atoms with Crippen LogP contribution in [0, 0.1) is 0 Å². The molecule has 0 aliphatic carbocycles. The first kappa shape index (κ1) is 32.1. The molecule has 0 amide bonds. The molecule has 0 saturated carbocycles. The molecule has 0 fully saturated rings. The zero-order valence-electron chi connectivity index (χ0n) is 27.2. The molecule has 0 bridgehead atoms. The van der Waals surface area contributed by atoms with Crippen molar-refractivity contribution in [2.75, 3.05) is 4.90 Å². The number of nitrogens with zero attached hydrogens (tertiary/aromatic N) is 4. The summed E-state index contributed by atoms with van der Waals surface area (Å²) < 4.78 is 0. The number of anilines is 3. The third-order valence-corrected chi connectivity index (χ3v) is 7.70. The van der Waals surface area contributed by atoms with Gasteiger partial charge in [0.1, 0.15) is 0 Å². The van der Waals surface area contributed by atoms with E-state index in [-0.39, 0.29) is 5.92 Å². The van der Waals surface area contributed by atoms with Crippen LogP contribution < -0.4 is 4.90 Å². The Kier molecular flexibility index (Phi) is 11.2. The predicted molar refractivity (Wildman–Crippen MR) is 195 cm³/mol. The second kappa shape index (κ2) is 16.1. The zero-order valence-corrected chi connectivity index (χ0v) is 27.2. The molecule has 46 heavy (non-hydrogen) atoms. The molecular formula is C42H42N4. The lowest BCUT2D eigenvalue weighted by molar-refractivity contribution is 0.861. The molecule has 5 rings (SSSR count). The molecule has 0 saturated heterocycles. The van der Waals surface area contributed by atoms with Gasteiger partial charge in [0.25, 0.3) is 0 Å². The van der Waals surface area contributed by atoms with E-state index < -0.39 is 0 Å². The monoisotopic (exact) mass is 602 g/mol. The molecule has 1 unspecified atom stereocenters. The summed E-state index contributed by atoms with van der Waals surface area (Å²) in [6.07, 6.45) is 17.1. The molecule has 4 heteroatoms. The van der Waals surface area contributed by atoms with E-state index >= 15 is 0 Å². The normalized spacial score (nSPS) is 12.7. The molecule has 4 nitrogen and oxygen atoms in total. The van der Waals surface area contributed by atoms with Gasteiger partial charge in [-0.25, -0.2) is 4.98 Å². The fraction of sp³-hybridized carbons (Fsp3) is 0.167. The Balaban J connectivity index is 1.73. The van der Waals surface area contributed by atoms with Crippen molar-refractivity contribution in [2.24, 2.45) is 0 Å². The minimum atomic E-state index is 0.263. The Bertz CT molecular complexity index is 1800. The molecule has 1 aromatic heterocycles. The molecule has 0 aliphatic rings. The maximum Gasteiger partial charge on any atom is 0.238 e. The Labute approximate surface area is 274 Å². The number of para-hydroxylation sites is 2. The number of benzene rings is 4. The van der Waals surface area contributed by atoms with Crippen LogP contribution in [0.5, 0.6) is 0 Å².